The molecule has 0 aliphatic carbocycles. The number of aromatic nitrogens is 1. The average Bonchev–Trinajstić information content (AvgIpc) is 3.19. The van der Waals surface area contributed by atoms with Gasteiger partial charge >= 0.3 is 5.97 Å². The minimum atomic E-state index is -1.07. The Kier molecular flexibility index (Phi) is 5.44. The number of fused-ring (bicyclic) bond motifs is 3. The zero-order chi connectivity index (χ0) is 22.2. The van der Waals surface area contributed by atoms with Crippen molar-refractivity contribution in [2.24, 2.45) is 0 Å². The summed E-state index contributed by atoms with van der Waals surface area (Å²) in [6.07, 6.45) is 1.65. The zero-order valence-electron chi connectivity index (χ0n) is 16.6. The highest BCUT2D eigenvalue weighted by molar-refractivity contribution is 14.1. The molecule has 3 heterocycles. The number of benzene rings is 2. The van der Waals surface area contributed by atoms with Crippen molar-refractivity contribution in [3.8, 4) is 16.9 Å². The fourth-order valence-electron chi connectivity index (χ4n) is 3.69. The maximum atomic E-state index is 13.3. The van der Waals surface area contributed by atoms with E-state index in [1.165, 1.54) is 21.8 Å². The molecule has 0 bridgehead atoms. The number of rotatable bonds is 5. The molecule has 32 heavy (non-hydrogen) atoms. The fourth-order valence-corrected chi connectivity index (χ4v) is 5.62. The number of nitrogens with zero attached hydrogens (tertiary/aromatic N) is 1. The van der Waals surface area contributed by atoms with Gasteiger partial charge in [-0.1, -0.05) is 42.5 Å². The summed E-state index contributed by atoms with van der Waals surface area (Å²) in [5.41, 5.74) is 2.31. The van der Waals surface area contributed by atoms with Crippen molar-refractivity contribution in [2.75, 3.05) is 0 Å². The summed E-state index contributed by atoms with van der Waals surface area (Å²) in [7, 11) is 0. The molecule has 1 N–H and O–H groups in total. The fraction of sp³-hybridized carbons (Fsp3) is 0.0400. The lowest BCUT2D eigenvalue weighted by Gasteiger charge is -2.11. The Bertz CT molecular complexity index is 1520. The molecular weight excluding hydrogens is 537 g/mol. The summed E-state index contributed by atoms with van der Waals surface area (Å²) in [6.45, 7) is 0.442. The lowest BCUT2D eigenvalue weighted by atomic mass is 10.0. The molecule has 0 atom stereocenters. The van der Waals surface area contributed by atoms with E-state index in [9.17, 15) is 14.7 Å². The second-order valence-corrected chi connectivity index (χ2v) is 10.2. The molecule has 0 fully saturated rings. The number of thiophene rings is 1. The highest BCUT2D eigenvalue weighted by Crippen LogP contribution is 2.33. The van der Waals surface area contributed by atoms with Crippen LogP contribution in [0.2, 0.25) is 0 Å². The molecule has 0 amide bonds. The Hall–Kier alpha value is -3.17. The van der Waals surface area contributed by atoms with Crippen LogP contribution in [0, 0.1) is 2.88 Å². The number of aromatic carboxylic acids is 1. The van der Waals surface area contributed by atoms with Crippen molar-refractivity contribution in [1.82, 2.24) is 4.40 Å². The minimum Gasteiger partial charge on any atom is -0.489 e. The molecule has 5 nitrogen and oxygen atoms in total. The first-order chi connectivity index (χ1) is 15.5. The second-order valence-electron chi connectivity index (χ2n) is 7.25. The average molecular weight is 553 g/mol. The van der Waals surface area contributed by atoms with E-state index in [-0.39, 0.29) is 11.1 Å². The van der Waals surface area contributed by atoms with Crippen molar-refractivity contribution in [3.63, 3.8) is 0 Å². The first-order valence-electron chi connectivity index (χ1n) is 9.79. The number of ether oxygens (including phenoxy) is 1. The Morgan fingerprint density at radius 2 is 1.78 bits per heavy atom. The molecule has 5 aromatic rings. The SMILES string of the molecule is O=C(O)c1cc(-c2ccc(OCc3ccccc3)cc2)c(=O)n2ccc3cc(I)sc3c12. The van der Waals surface area contributed by atoms with Crippen LogP contribution in [0.15, 0.2) is 83.8 Å². The minimum absolute atomic E-state index is 0.104. The number of pyridine rings is 2. The van der Waals surface area contributed by atoms with Crippen LogP contribution >= 0.6 is 33.9 Å². The van der Waals surface area contributed by atoms with Crippen LogP contribution in [0.1, 0.15) is 15.9 Å². The van der Waals surface area contributed by atoms with Gasteiger partial charge in [0.25, 0.3) is 5.56 Å². The number of hydrogen-bond donors (Lipinski definition) is 1. The highest BCUT2D eigenvalue weighted by Gasteiger charge is 2.19. The van der Waals surface area contributed by atoms with Crippen LogP contribution in [0.5, 0.6) is 5.75 Å². The third-order valence-electron chi connectivity index (χ3n) is 5.23. The van der Waals surface area contributed by atoms with Gasteiger partial charge in [0.15, 0.2) is 0 Å². The molecule has 7 heteroatoms. The van der Waals surface area contributed by atoms with Crippen molar-refractivity contribution in [2.45, 2.75) is 6.61 Å². The van der Waals surface area contributed by atoms with Gasteiger partial charge in [-0.3, -0.25) is 9.20 Å². The lowest BCUT2D eigenvalue weighted by molar-refractivity contribution is 0.0698. The zero-order valence-corrected chi connectivity index (χ0v) is 19.6. The number of carbonyl (C=O) groups is 1. The predicted octanol–water partition coefficient (Wildman–Crippen LogP) is 6.06. The second kappa shape index (κ2) is 8.40. The van der Waals surface area contributed by atoms with Gasteiger partial charge in [0.05, 0.1) is 18.7 Å². The molecule has 0 aliphatic heterocycles. The van der Waals surface area contributed by atoms with E-state index in [1.807, 2.05) is 42.5 Å². The van der Waals surface area contributed by atoms with Crippen molar-refractivity contribution < 1.29 is 14.6 Å². The summed E-state index contributed by atoms with van der Waals surface area (Å²) >= 11 is 3.68. The largest absolute Gasteiger partial charge is 0.489 e. The molecule has 158 valence electrons. The van der Waals surface area contributed by atoms with E-state index >= 15 is 0 Å². The van der Waals surface area contributed by atoms with E-state index in [0.717, 1.165) is 18.5 Å². The Balaban J connectivity index is 1.57. The summed E-state index contributed by atoms with van der Waals surface area (Å²) < 4.78 is 9.08. The van der Waals surface area contributed by atoms with Crippen LogP contribution in [0.4, 0.5) is 0 Å². The number of hydrogen-bond acceptors (Lipinski definition) is 4. The molecule has 0 saturated carbocycles. The highest BCUT2D eigenvalue weighted by atomic mass is 127. The smallest absolute Gasteiger partial charge is 0.337 e. The molecule has 0 unspecified atom stereocenters. The van der Waals surface area contributed by atoms with Crippen LogP contribution in [0.25, 0.3) is 26.7 Å². The molecular formula is C25H16INO4S. The van der Waals surface area contributed by atoms with Crippen molar-refractivity contribution >= 4 is 55.5 Å². The van der Waals surface area contributed by atoms with E-state index in [1.54, 1.807) is 30.5 Å². The van der Waals surface area contributed by atoms with Crippen LogP contribution < -0.4 is 10.3 Å². The molecule has 0 spiro atoms. The van der Waals surface area contributed by atoms with Gasteiger partial charge in [-0.2, -0.15) is 0 Å². The third-order valence-corrected chi connectivity index (χ3v) is 7.14. The van der Waals surface area contributed by atoms with E-state index in [2.05, 4.69) is 22.6 Å². The molecule has 5 rings (SSSR count). The number of halogens is 1. The summed E-state index contributed by atoms with van der Waals surface area (Å²) in [4.78, 5) is 25.4. The normalized spacial score (nSPS) is 11.2. The topological polar surface area (TPSA) is 68.0 Å². The maximum Gasteiger partial charge on any atom is 0.337 e. The van der Waals surface area contributed by atoms with Gasteiger partial charge in [0, 0.05) is 11.8 Å². The van der Waals surface area contributed by atoms with Gasteiger partial charge in [-0.05, 0) is 69.4 Å². The Labute approximate surface area is 200 Å². The van der Waals surface area contributed by atoms with Gasteiger partial charge in [0.2, 0.25) is 0 Å². The number of carboxylic acids is 1. The van der Waals surface area contributed by atoms with Gasteiger partial charge < -0.3 is 9.84 Å². The summed E-state index contributed by atoms with van der Waals surface area (Å²) in [5, 5.41) is 10.8. The quantitative estimate of drug-likeness (QED) is 0.269. The maximum absolute atomic E-state index is 13.3. The summed E-state index contributed by atoms with van der Waals surface area (Å²) in [5.74, 6) is -0.394. The summed E-state index contributed by atoms with van der Waals surface area (Å²) in [6, 6.07) is 22.3. The van der Waals surface area contributed by atoms with Gasteiger partial charge in [-0.25, -0.2) is 4.79 Å². The first-order valence-corrected chi connectivity index (χ1v) is 11.7. The molecule has 3 aromatic heterocycles. The Morgan fingerprint density at radius 1 is 1.03 bits per heavy atom. The van der Waals surface area contributed by atoms with Crippen LogP contribution in [-0.4, -0.2) is 15.5 Å². The first kappa shape index (κ1) is 20.7. The Morgan fingerprint density at radius 3 is 2.50 bits per heavy atom. The van der Waals surface area contributed by atoms with Crippen molar-refractivity contribution in [1.29, 1.82) is 0 Å². The molecule has 0 radical (unpaired) electrons. The van der Waals surface area contributed by atoms with Crippen molar-refractivity contribution in [3.05, 3.63) is 103 Å². The van der Waals surface area contributed by atoms with E-state index < -0.39 is 5.97 Å². The standard InChI is InChI=1S/C25H16INO4S/c26-21-12-17-10-11-27-22(23(17)32-21)20(25(29)30)13-19(24(27)28)16-6-8-18(9-7-16)31-14-15-4-2-1-3-5-15/h1-13H,14H2,(H,29,30). The van der Waals surface area contributed by atoms with Crippen LogP contribution in [0.3, 0.4) is 0 Å². The molecule has 2 aromatic carbocycles. The predicted molar refractivity (Wildman–Crippen MR) is 135 cm³/mol. The molecule has 0 aliphatic rings. The third kappa shape index (κ3) is 3.78. The lowest BCUT2D eigenvalue weighted by Crippen LogP contribution is -2.18. The molecule has 0 saturated heterocycles. The van der Waals surface area contributed by atoms with Crippen LogP contribution in [-0.2, 0) is 6.61 Å². The number of carboxylic acid groups (broad SMARTS) is 1. The van der Waals surface area contributed by atoms with Gasteiger partial charge in [-0.15, -0.1) is 11.3 Å². The monoisotopic (exact) mass is 553 g/mol. The van der Waals surface area contributed by atoms with E-state index in [0.29, 0.717) is 29.0 Å². The van der Waals surface area contributed by atoms with E-state index in [4.69, 9.17) is 4.74 Å². The van der Waals surface area contributed by atoms with Gasteiger partial charge in [0.1, 0.15) is 12.4 Å².